The molecule has 0 aliphatic carbocycles. The molecular formula is C13H28N2S. The number of rotatable bonds is 5. The summed E-state index contributed by atoms with van der Waals surface area (Å²) < 4.78 is 0.446. The highest BCUT2D eigenvalue weighted by Crippen LogP contribution is 2.29. The average molecular weight is 244 g/mol. The monoisotopic (exact) mass is 244 g/mol. The number of nitrogens with zero attached hydrogens (tertiary/aromatic N) is 1. The second-order valence-electron chi connectivity index (χ2n) is 5.87. The van der Waals surface area contributed by atoms with Crippen LogP contribution in [0.2, 0.25) is 0 Å². The molecule has 1 aliphatic heterocycles. The zero-order chi connectivity index (χ0) is 12.2. The second-order valence-corrected chi connectivity index (χ2v) is 7.67. The van der Waals surface area contributed by atoms with Gasteiger partial charge in [0.1, 0.15) is 0 Å². The van der Waals surface area contributed by atoms with Crippen LogP contribution in [0.1, 0.15) is 34.6 Å². The lowest BCUT2D eigenvalue weighted by molar-refractivity contribution is 0.253. The van der Waals surface area contributed by atoms with Gasteiger partial charge < -0.3 is 5.32 Å². The van der Waals surface area contributed by atoms with Crippen LogP contribution in [-0.4, -0.2) is 47.6 Å². The minimum atomic E-state index is 0.446. The highest BCUT2D eigenvalue weighted by atomic mass is 32.2. The van der Waals surface area contributed by atoms with E-state index in [1.54, 1.807) is 0 Å². The van der Waals surface area contributed by atoms with Gasteiger partial charge in [0, 0.05) is 42.7 Å². The molecule has 0 spiro atoms. The van der Waals surface area contributed by atoms with Crippen LogP contribution in [0.15, 0.2) is 0 Å². The molecule has 1 unspecified atom stereocenters. The average Bonchev–Trinajstić information content (AvgIpc) is 2.15. The van der Waals surface area contributed by atoms with E-state index in [9.17, 15) is 0 Å². The van der Waals surface area contributed by atoms with Crippen molar-refractivity contribution in [2.45, 2.75) is 45.4 Å². The molecule has 0 amide bonds. The van der Waals surface area contributed by atoms with Crippen LogP contribution in [0.25, 0.3) is 0 Å². The van der Waals surface area contributed by atoms with Gasteiger partial charge in [0.05, 0.1) is 0 Å². The Labute approximate surface area is 106 Å². The third-order valence-corrected chi connectivity index (χ3v) is 4.70. The van der Waals surface area contributed by atoms with Crippen LogP contribution < -0.4 is 5.32 Å². The minimum absolute atomic E-state index is 0.446. The number of hydrogen-bond donors (Lipinski definition) is 1. The molecule has 2 nitrogen and oxygen atoms in total. The molecular weight excluding hydrogens is 216 g/mol. The first-order valence-corrected chi connectivity index (χ1v) is 7.49. The Morgan fingerprint density at radius 2 is 2.00 bits per heavy atom. The summed E-state index contributed by atoms with van der Waals surface area (Å²) in [5.74, 6) is 2.01. The molecule has 0 aromatic heterocycles. The van der Waals surface area contributed by atoms with Gasteiger partial charge in [-0.05, 0) is 26.7 Å². The van der Waals surface area contributed by atoms with E-state index in [2.05, 4.69) is 56.6 Å². The molecule has 1 aliphatic rings. The fourth-order valence-corrected chi connectivity index (χ4v) is 3.17. The van der Waals surface area contributed by atoms with Gasteiger partial charge >= 0.3 is 0 Å². The van der Waals surface area contributed by atoms with Crippen molar-refractivity contribution in [1.29, 1.82) is 0 Å². The molecule has 0 saturated carbocycles. The maximum Gasteiger partial charge on any atom is 0.0231 e. The topological polar surface area (TPSA) is 15.3 Å². The quantitative estimate of drug-likeness (QED) is 0.800. The number of thioether (sulfide) groups is 1. The summed E-state index contributed by atoms with van der Waals surface area (Å²) in [5.41, 5.74) is 0. The molecule has 0 aromatic rings. The van der Waals surface area contributed by atoms with Crippen molar-refractivity contribution in [3.05, 3.63) is 0 Å². The largest absolute Gasteiger partial charge is 0.313 e. The molecule has 16 heavy (non-hydrogen) atoms. The number of nitrogens with one attached hydrogen (secondary N) is 1. The summed E-state index contributed by atoms with van der Waals surface area (Å²) in [6.07, 6.45) is 0. The third kappa shape index (κ3) is 5.07. The van der Waals surface area contributed by atoms with Gasteiger partial charge in [-0.15, -0.1) is 0 Å². The Kier molecular flexibility index (Phi) is 5.62. The van der Waals surface area contributed by atoms with Crippen LogP contribution in [-0.2, 0) is 0 Å². The highest BCUT2D eigenvalue weighted by molar-refractivity contribution is 8.00. The van der Waals surface area contributed by atoms with E-state index >= 15 is 0 Å². The van der Waals surface area contributed by atoms with E-state index in [4.69, 9.17) is 0 Å². The van der Waals surface area contributed by atoms with E-state index < -0.39 is 0 Å². The predicted octanol–water partition coefficient (Wildman–Crippen LogP) is 2.45. The van der Waals surface area contributed by atoms with Crippen molar-refractivity contribution < 1.29 is 0 Å². The van der Waals surface area contributed by atoms with E-state index in [1.165, 1.54) is 25.4 Å². The Morgan fingerprint density at radius 3 is 2.56 bits per heavy atom. The molecule has 0 radical (unpaired) electrons. The fraction of sp³-hybridized carbons (Fsp3) is 1.00. The summed E-state index contributed by atoms with van der Waals surface area (Å²) in [7, 11) is 0. The smallest absolute Gasteiger partial charge is 0.0231 e. The Bertz CT molecular complexity index is 204. The van der Waals surface area contributed by atoms with Crippen LogP contribution in [0.3, 0.4) is 0 Å². The maximum atomic E-state index is 3.61. The first kappa shape index (κ1) is 14.3. The Morgan fingerprint density at radius 1 is 1.31 bits per heavy atom. The Balaban J connectivity index is 2.18. The SMILES string of the molecule is CC(C)C(C)NCCN1CCSC(C)(C)C1. The molecule has 96 valence electrons. The lowest BCUT2D eigenvalue weighted by atomic mass is 10.1. The Hall–Kier alpha value is 0.270. The first-order chi connectivity index (χ1) is 7.41. The van der Waals surface area contributed by atoms with Gasteiger partial charge in [0.15, 0.2) is 0 Å². The predicted molar refractivity (Wildman–Crippen MR) is 75.3 cm³/mol. The van der Waals surface area contributed by atoms with Gasteiger partial charge in [0.2, 0.25) is 0 Å². The molecule has 1 heterocycles. The summed E-state index contributed by atoms with van der Waals surface area (Å²) in [4.78, 5) is 2.59. The van der Waals surface area contributed by atoms with Gasteiger partial charge in [-0.2, -0.15) is 11.8 Å². The third-order valence-electron chi connectivity index (χ3n) is 3.40. The van der Waals surface area contributed by atoms with Gasteiger partial charge in [-0.1, -0.05) is 13.8 Å². The van der Waals surface area contributed by atoms with Crippen molar-refractivity contribution in [2.75, 3.05) is 31.9 Å². The van der Waals surface area contributed by atoms with Crippen LogP contribution in [0.4, 0.5) is 0 Å². The van der Waals surface area contributed by atoms with E-state index in [-0.39, 0.29) is 0 Å². The van der Waals surface area contributed by atoms with Gasteiger partial charge in [-0.25, -0.2) is 0 Å². The van der Waals surface area contributed by atoms with E-state index in [1.807, 2.05) is 0 Å². The van der Waals surface area contributed by atoms with E-state index in [0.717, 1.165) is 12.5 Å². The van der Waals surface area contributed by atoms with Crippen molar-refractivity contribution in [1.82, 2.24) is 10.2 Å². The summed E-state index contributed by atoms with van der Waals surface area (Å²) in [6.45, 7) is 16.3. The highest BCUT2D eigenvalue weighted by Gasteiger charge is 2.26. The van der Waals surface area contributed by atoms with Crippen molar-refractivity contribution in [2.24, 2.45) is 5.92 Å². The molecule has 1 rings (SSSR count). The summed E-state index contributed by atoms with van der Waals surface area (Å²) in [6, 6.07) is 0.632. The zero-order valence-electron chi connectivity index (χ0n) is 11.5. The standard InChI is InChI=1S/C13H28N2S/c1-11(2)12(3)14-6-7-15-8-9-16-13(4,5)10-15/h11-12,14H,6-10H2,1-5H3. The van der Waals surface area contributed by atoms with Crippen LogP contribution in [0.5, 0.6) is 0 Å². The fourth-order valence-electron chi connectivity index (χ4n) is 1.99. The molecule has 0 bridgehead atoms. The summed E-state index contributed by atoms with van der Waals surface area (Å²) in [5, 5.41) is 3.61. The van der Waals surface area contributed by atoms with Crippen LogP contribution in [0, 0.1) is 5.92 Å². The minimum Gasteiger partial charge on any atom is -0.313 e. The molecule has 3 heteroatoms. The van der Waals surface area contributed by atoms with Crippen molar-refractivity contribution >= 4 is 11.8 Å². The molecule has 1 fully saturated rings. The van der Waals surface area contributed by atoms with Gasteiger partial charge in [-0.3, -0.25) is 4.90 Å². The molecule has 1 atom stereocenters. The second kappa shape index (κ2) is 6.27. The molecule has 0 aromatic carbocycles. The lowest BCUT2D eigenvalue weighted by Gasteiger charge is -2.37. The van der Waals surface area contributed by atoms with Crippen LogP contribution >= 0.6 is 11.8 Å². The maximum absolute atomic E-state index is 3.61. The number of hydrogen-bond acceptors (Lipinski definition) is 3. The van der Waals surface area contributed by atoms with Crippen molar-refractivity contribution in [3.63, 3.8) is 0 Å². The first-order valence-electron chi connectivity index (χ1n) is 6.50. The summed E-state index contributed by atoms with van der Waals surface area (Å²) >= 11 is 2.11. The molecule has 1 saturated heterocycles. The van der Waals surface area contributed by atoms with Gasteiger partial charge in [0.25, 0.3) is 0 Å². The zero-order valence-corrected chi connectivity index (χ0v) is 12.4. The van der Waals surface area contributed by atoms with E-state index in [0.29, 0.717) is 10.8 Å². The lowest BCUT2D eigenvalue weighted by Crippen LogP contribution is -2.46. The van der Waals surface area contributed by atoms with Crippen molar-refractivity contribution in [3.8, 4) is 0 Å². The normalized spacial score (nSPS) is 23.6. The molecule has 1 N–H and O–H groups in total.